The van der Waals surface area contributed by atoms with Gasteiger partial charge in [0.15, 0.2) is 11.5 Å². The van der Waals surface area contributed by atoms with Gasteiger partial charge in [-0.15, -0.1) is 0 Å². The molecule has 0 N–H and O–H groups in total. The summed E-state index contributed by atoms with van der Waals surface area (Å²) in [6, 6.07) is 8.04. The summed E-state index contributed by atoms with van der Waals surface area (Å²) in [4.78, 5) is 20.8. The Hall–Kier alpha value is -2.60. The quantitative estimate of drug-likeness (QED) is 0.749. The molecule has 27 heavy (non-hydrogen) atoms. The van der Waals surface area contributed by atoms with E-state index in [9.17, 15) is 4.79 Å². The Kier molecular flexibility index (Phi) is 6.29. The SMILES string of the molecule is COc1cc2c(cc1OC)CN(C(=O)CN(C)CCc1ccncc1)CC2. The summed E-state index contributed by atoms with van der Waals surface area (Å²) in [7, 11) is 5.27. The zero-order chi connectivity index (χ0) is 19.2. The summed E-state index contributed by atoms with van der Waals surface area (Å²) in [6.07, 6.45) is 5.35. The predicted molar refractivity (Wildman–Crippen MR) is 104 cm³/mol. The Morgan fingerprint density at radius 1 is 1.15 bits per heavy atom. The first-order valence-corrected chi connectivity index (χ1v) is 9.19. The van der Waals surface area contributed by atoms with Crippen molar-refractivity contribution < 1.29 is 14.3 Å². The Bertz CT molecular complexity index is 780. The average molecular weight is 369 g/mol. The number of ether oxygens (including phenoxy) is 2. The predicted octanol–water partition coefficient (Wildman–Crippen LogP) is 2.16. The molecule has 0 saturated carbocycles. The number of hydrogen-bond acceptors (Lipinski definition) is 5. The van der Waals surface area contributed by atoms with Gasteiger partial charge in [0.05, 0.1) is 20.8 Å². The van der Waals surface area contributed by atoms with Crippen molar-refractivity contribution in [1.82, 2.24) is 14.8 Å². The van der Waals surface area contributed by atoms with Gasteiger partial charge in [0.2, 0.25) is 5.91 Å². The van der Waals surface area contributed by atoms with Crippen LogP contribution in [-0.4, -0.2) is 61.6 Å². The van der Waals surface area contributed by atoms with Gasteiger partial charge in [-0.1, -0.05) is 0 Å². The van der Waals surface area contributed by atoms with Gasteiger partial charge in [0.25, 0.3) is 0 Å². The third kappa shape index (κ3) is 4.77. The van der Waals surface area contributed by atoms with Crippen LogP contribution >= 0.6 is 0 Å². The molecule has 1 aliphatic rings. The van der Waals surface area contributed by atoms with Crippen LogP contribution in [0.4, 0.5) is 0 Å². The van der Waals surface area contributed by atoms with E-state index in [0.29, 0.717) is 18.8 Å². The van der Waals surface area contributed by atoms with Crippen LogP contribution < -0.4 is 9.47 Å². The lowest BCUT2D eigenvalue weighted by Gasteiger charge is -2.31. The molecule has 0 radical (unpaired) electrons. The highest BCUT2D eigenvalue weighted by atomic mass is 16.5. The van der Waals surface area contributed by atoms with Crippen molar-refractivity contribution in [1.29, 1.82) is 0 Å². The molecule has 1 aromatic carbocycles. The summed E-state index contributed by atoms with van der Waals surface area (Å²) < 4.78 is 10.8. The summed E-state index contributed by atoms with van der Waals surface area (Å²) >= 11 is 0. The third-order valence-electron chi connectivity index (χ3n) is 5.01. The number of carbonyl (C=O) groups excluding carboxylic acids is 1. The molecule has 0 aliphatic carbocycles. The fourth-order valence-electron chi connectivity index (χ4n) is 3.38. The van der Waals surface area contributed by atoms with E-state index in [1.807, 2.05) is 36.2 Å². The van der Waals surface area contributed by atoms with E-state index in [-0.39, 0.29) is 5.91 Å². The van der Waals surface area contributed by atoms with E-state index in [1.165, 1.54) is 11.1 Å². The molecule has 1 aliphatic heterocycles. The third-order valence-corrected chi connectivity index (χ3v) is 5.01. The summed E-state index contributed by atoms with van der Waals surface area (Å²) in [5.74, 6) is 1.61. The number of methoxy groups -OCH3 is 2. The smallest absolute Gasteiger partial charge is 0.237 e. The molecule has 0 fully saturated rings. The van der Waals surface area contributed by atoms with Crippen molar-refractivity contribution in [3.63, 3.8) is 0 Å². The molecular formula is C21H27N3O3. The normalized spacial score (nSPS) is 13.4. The molecule has 0 unspecified atom stereocenters. The highest BCUT2D eigenvalue weighted by Gasteiger charge is 2.23. The highest BCUT2D eigenvalue weighted by Crippen LogP contribution is 2.33. The summed E-state index contributed by atoms with van der Waals surface area (Å²) in [5, 5.41) is 0. The van der Waals surface area contributed by atoms with Crippen LogP contribution in [-0.2, 0) is 24.2 Å². The number of aromatic nitrogens is 1. The maximum atomic E-state index is 12.7. The minimum Gasteiger partial charge on any atom is -0.493 e. The van der Waals surface area contributed by atoms with Gasteiger partial charge in [-0.25, -0.2) is 0 Å². The first kappa shape index (κ1) is 19.2. The highest BCUT2D eigenvalue weighted by molar-refractivity contribution is 5.78. The van der Waals surface area contributed by atoms with Crippen molar-refractivity contribution in [3.05, 3.63) is 53.3 Å². The fraction of sp³-hybridized carbons (Fsp3) is 0.429. The number of benzene rings is 1. The maximum absolute atomic E-state index is 12.7. The van der Waals surface area contributed by atoms with Crippen molar-refractivity contribution >= 4 is 5.91 Å². The minimum atomic E-state index is 0.160. The minimum absolute atomic E-state index is 0.160. The van der Waals surface area contributed by atoms with Gasteiger partial charge in [-0.3, -0.25) is 14.7 Å². The monoisotopic (exact) mass is 369 g/mol. The number of likely N-dealkylation sites (N-methyl/N-ethyl adjacent to an activating group) is 1. The first-order chi connectivity index (χ1) is 13.1. The zero-order valence-corrected chi connectivity index (χ0v) is 16.3. The molecule has 0 spiro atoms. The molecule has 0 atom stereocenters. The van der Waals surface area contributed by atoms with Gasteiger partial charge in [0, 0.05) is 32.0 Å². The topological polar surface area (TPSA) is 54.9 Å². The molecule has 0 saturated heterocycles. The summed E-state index contributed by atoms with van der Waals surface area (Å²) in [5.41, 5.74) is 3.59. The number of hydrogen-bond donors (Lipinski definition) is 0. The Labute approximate surface area is 160 Å². The van der Waals surface area contributed by atoms with Crippen LogP contribution in [0.5, 0.6) is 11.5 Å². The molecule has 1 amide bonds. The van der Waals surface area contributed by atoms with E-state index in [1.54, 1.807) is 26.6 Å². The van der Waals surface area contributed by atoms with Crippen LogP contribution in [0.1, 0.15) is 16.7 Å². The second kappa shape index (κ2) is 8.86. The molecule has 0 bridgehead atoms. The van der Waals surface area contributed by atoms with Crippen molar-refractivity contribution in [2.45, 2.75) is 19.4 Å². The van der Waals surface area contributed by atoms with Gasteiger partial charge in [-0.2, -0.15) is 0 Å². The van der Waals surface area contributed by atoms with Crippen molar-refractivity contribution in [2.75, 3.05) is 40.9 Å². The van der Waals surface area contributed by atoms with Gasteiger partial charge in [-0.05, 0) is 60.8 Å². The van der Waals surface area contributed by atoms with Gasteiger partial charge >= 0.3 is 0 Å². The molecule has 1 aromatic heterocycles. The van der Waals surface area contributed by atoms with Crippen molar-refractivity contribution in [2.24, 2.45) is 0 Å². The molecular weight excluding hydrogens is 342 g/mol. The van der Waals surface area contributed by atoms with Gasteiger partial charge in [0.1, 0.15) is 0 Å². The van der Waals surface area contributed by atoms with E-state index in [0.717, 1.165) is 37.2 Å². The summed E-state index contributed by atoms with van der Waals surface area (Å²) in [6.45, 7) is 2.62. The van der Waals surface area contributed by atoms with Crippen LogP contribution in [0.2, 0.25) is 0 Å². The fourth-order valence-corrected chi connectivity index (χ4v) is 3.38. The lowest BCUT2D eigenvalue weighted by molar-refractivity contribution is -0.133. The Balaban J connectivity index is 1.57. The Morgan fingerprint density at radius 3 is 2.48 bits per heavy atom. The molecule has 3 rings (SSSR count). The lowest BCUT2D eigenvalue weighted by Crippen LogP contribution is -2.42. The largest absolute Gasteiger partial charge is 0.493 e. The van der Waals surface area contributed by atoms with Crippen LogP contribution in [0, 0.1) is 0 Å². The van der Waals surface area contributed by atoms with Crippen LogP contribution in [0.3, 0.4) is 0 Å². The number of fused-ring (bicyclic) bond motifs is 1. The molecule has 6 heteroatoms. The second-order valence-electron chi connectivity index (χ2n) is 6.88. The van der Waals surface area contributed by atoms with Crippen molar-refractivity contribution in [3.8, 4) is 11.5 Å². The van der Waals surface area contributed by atoms with E-state index in [2.05, 4.69) is 9.88 Å². The Morgan fingerprint density at radius 2 is 1.81 bits per heavy atom. The number of nitrogens with zero attached hydrogens (tertiary/aromatic N) is 3. The zero-order valence-electron chi connectivity index (χ0n) is 16.3. The molecule has 2 aromatic rings. The van der Waals surface area contributed by atoms with E-state index >= 15 is 0 Å². The van der Waals surface area contributed by atoms with Gasteiger partial charge < -0.3 is 14.4 Å². The van der Waals surface area contributed by atoms with E-state index < -0.39 is 0 Å². The number of carbonyl (C=O) groups is 1. The average Bonchev–Trinajstić information content (AvgIpc) is 2.71. The standard InChI is InChI=1S/C21H27N3O3/c1-23(10-6-16-4-8-22-9-5-16)15-21(25)24-11-7-17-12-19(26-2)20(27-3)13-18(17)14-24/h4-5,8-9,12-13H,6-7,10-11,14-15H2,1-3H3. The number of amides is 1. The molecule has 2 heterocycles. The lowest BCUT2D eigenvalue weighted by atomic mass is 9.98. The molecule has 144 valence electrons. The van der Waals surface area contributed by atoms with E-state index in [4.69, 9.17) is 9.47 Å². The van der Waals surface area contributed by atoms with Crippen LogP contribution in [0.25, 0.3) is 0 Å². The second-order valence-corrected chi connectivity index (χ2v) is 6.88. The van der Waals surface area contributed by atoms with Crippen LogP contribution in [0.15, 0.2) is 36.7 Å². The number of rotatable bonds is 7. The molecule has 6 nitrogen and oxygen atoms in total. The number of pyridine rings is 1. The maximum Gasteiger partial charge on any atom is 0.237 e. The first-order valence-electron chi connectivity index (χ1n) is 9.19.